The molecule has 0 radical (unpaired) electrons. The van der Waals surface area contributed by atoms with Gasteiger partial charge in [0.05, 0.1) is 26.4 Å². The van der Waals surface area contributed by atoms with Crippen LogP contribution in [0.2, 0.25) is 0 Å². The smallest absolute Gasteiger partial charge is 0.320 e. The maximum atomic E-state index is 11.8. The van der Waals surface area contributed by atoms with Crippen LogP contribution in [0, 0.1) is 0 Å². The van der Waals surface area contributed by atoms with E-state index >= 15 is 0 Å². The third-order valence-electron chi connectivity index (χ3n) is 5.15. The van der Waals surface area contributed by atoms with Gasteiger partial charge in [-0.1, -0.05) is 0 Å². The van der Waals surface area contributed by atoms with Gasteiger partial charge in [-0.3, -0.25) is 9.69 Å². The first-order chi connectivity index (χ1) is 10.1. The van der Waals surface area contributed by atoms with Crippen molar-refractivity contribution in [1.82, 2.24) is 4.90 Å². The fraction of sp³-hybridized carbons (Fsp3) is 0.933. The summed E-state index contributed by atoms with van der Waals surface area (Å²) in [5.74, 6) is -0.521. The Kier molecular flexibility index (Phi) is 4.23. The van der Waals surface area contributed by atoms with Crippen molar-refractivity contribution in [3.05, 3.63) is 0 Å². The maximum Gasteiger partial charge on any atom is 0.320 e. The number of ether oxygens (including phenoxy) is 3. The second-order valence-electron chi connectivity index (χ2n) is 6.48. The summed E-state index contributed by atoms with van der Waals surface area (Å²) in [6, 6.07) is 0.138. The Hall–Kier alpha value is -0.690. The molecule has 3 rings (SSSR count). The van der Waals surface area contributed by atoms with Crippen LogP contribution in [0.15, 0.2) is 0 Å². The maximum absolute atomic E-state index is 11.8. The summed E-state index contributed by atoms with van der Waals surface area (Å²) >= 11 is 0. The molecule has 0 aromatic heterocycles. The van der Waals surface area contributed by atoms with E-state index in [1.165, 1.54) is 0 Å². The fourth-order valence-corrected chi connectivity index (χ4v) is 4.16. The average Bonchev–Trinajstić information content (AvgIpc) is 3.01. The second-order valence-corrected chi connectivity index (χ2v) is 6.48. The fourth-order valence-electron chi connectivity index (χ4n) is 4.16. The number of hydrogen-bond acceptors (Lipinski definition) is 6. The van der Waals surface area contributed by atoms with E-state index in [1.807, 2.05) is 6.92 Å². The highest BCUT2D eigenvalue weighted by Crippen LogP contribution is 2.47. The lowest BCUT2D eigenvalue weighted by atomic mass is 9.76. The molecule has 3 fully saturated rings. The van der Waals surface area contributed by atoms with E-state index in [2.05, 4.69) is 4.90 Å². The standard InChI is InChI=1S/C15H26N2O4/c1-2-19-13(18)11-17-10-12(16)9-14(17)3-5-15(6-4-14)20-7-8-21-15/h12H,2-11,16H2,1H3/t12-/m0/s1. The molecule has 2 spiro atoms. The van der Waals surface area contributed by atoms with Crippen molar-refractivity contribution in [3.8, 4) is 0 Å². The number of nitrogens with zero attached hydrogens (tertiary/aromatic N) is 1. The van der Waals surface area contributed by atoms with E-state index in [-0.39, 0.29) is 23.3 Å². The third-order valence-corrected chi connectivity index (χ3v) is 5.15. The molecule has 0 aromatic carbocycles. The summed E-state index contributed by atoms with van der Waals surface area (Å²) < 4.78 is 16.7. The van der Waals surface area contributed by atoms with Crippen LogP contribution in [0.4, 0.5) is 0 Å². The van der Waals surface area contributed by atoms with Gasteiger partial charge >= 0.3 is 5.97 Å². The zero-order chi connectivity index (χ0) is 14.9. The van der Waals surface area contributed by atoms with Gasteiger partial charge in [-0.05, 0) is 26.2 Å². The van der Waals surface area contributed by atoms with Gasteiger partial charge in [-0.15, -0.1) is 0 Å². The molecule has 2 saturated heterocycles. The lowest BCUT2D eigenvalue weighted by Gasteiger charge is -2.46. The number of rotatable bonds is 3. The molecule has 2 N–H and O–H groups in total. The lowest BCUT2D eigenvalue weighted by Crippen LogP contribution is -2.52. The van der Waals surface area contributed by atoms with Crippen molar-refractivity contribution in [2.24, 2.45) is 5.73 Å². The van der Waals surface area contributed by atoms with Gasteiger partial charge in [-0.2, -0.15) is 0 Å². The van der Waals surface area contributed by atoms with E-state index in [1.54, 1.807) is 0 Å². The molecule has 6 nitrogen and oxygen atoms in total. The molecule has 2 aliphatic heterocycles. The summed E-state index contributed by atoms with van der Waals surface area (Å²) in [6.45, 7) is 4.76. The number of esters is 1. The van der Waals surface area contributed by atoms with Crippen LogP contribution < -0.4 is 5.73 Å². The summed E-state index contributed by atoms with van der Waals surface area (Å²) in [5.41, 5.74) is 6.19. The molecule has 0 bridgehead atoms. The molecule has 3 aliphatic rings. The number of carbonyl (C=O) groups is 1. The molecule has 1 atom stereocenters. The number of carbonyl (C=O) groups excluding carboxylic acids is 1. The van der Waals surface area contributed by atoms with Gasteiger partial charge in [0.25, 0.3) is 0 Å². The molecule has 2 heterocycles. The Morgan fingerprint density at radius 1 is 1.29 bits per heavy atom. The molecule has 1 saturated carbocycles. The molecule has 120 valence electrons. The van der Waals surface area contributed by atoms with E-state index < -0.39 is 0 Å². The zero-order valence-corrected chi connectivity index (χ0v) is 12.8. The highest BCUT2D eigenvalue weighted by atomic mass is 16.7. The molecule has 0 aromatic rings. The first-order valence-corrected chi connectivity index (χ1v) is 8.02. The normalized spacial score (nSPS) is 31.0. The van der Waals surface area contributed by atoms with Crippen LogP contribution in [0.25, 0.3) is 0 Å². The summed E-state index contributed by atoms with van der Waals surface area (Å²) in [4.78, 5) is 14.1. The van der Waals surface area contributed by atoms with Crippen LogP contribution in [-0.4, -0.2) is 61.1 Å². The van der Waals surface area contributed by atoms with Crippen molar-refractivity contribution >= 4 is 5.97 Å². The zero-order valence-electron chi connectivity index (χ0n) is 12.8. The third kappa shape index (κ3) is 2.95. The first-order valence-electron chi connectivity index (χ1n) is 8.02. The molecule has 0 amide bonds. The quantitative estimate of drug-likeness (QED) is 0.771. The van der Waals surface area contributed by atoms with E-state index in [4.69, 9.17) is 19.9 Å². The van der Waals surface area contributed by atoms with E-state index in [9.17, 15) is 4.79 Å². The van der Waals surface area contributed by atoms with Crippen molar-refractivity contribution in [2.75, 3.05) is 32.9 Å². The molecule has 1 aliphatic carbocycles. The van der Waals surface area contributed by atoms with Gasteiger partial charge in [0.15, 0.2) is 5.79 Å². The van der Waals surface area contributed by atoms with Gasteiger partial charge in [0.1, 0.15) is 0 Å². The van der Waals surface area contributed by atoms with Gasteiger partial charge < -0.3 is 19.9 Å². The molecule has 6 heteroatoms. The summed E-state index contributed by atoms with van der Waals surface area (Å²) in [5, 5.41) is 0. The van der Waals surface area contributed by atoms with Crippen LogP contribution >= 0.6 is 0 Å². The second kappa shape index (κ2) is 5.83. The largest absolute Gasteiger partial charge is 0.465 e. The van der Waals surface area contributed by atoms with Crippen molar-refractivity contribution in [3.63, 3.8) is 0 Å². The summed E-state index contributed by atoms with van der Waals surface area (Å²) in [7, 11) is 0. The molecular weight excluding hydrogens is 272 g/mol. The van der Waals surface area contributed by atoms with Crippen LogP contribution in [0.1, 0.15) is 39.0 Å². The Labute approximate surface area is 125 Å². The van der Waals surface area contributed by atoms with Crippen LogP contribution in [0.3, 0.4) is 0 Å². The van der Waals surface area contributed by atoms with Crippen molar-refractivity contribution < 1.29 is 19.0 Å². The number of nitrogens with two attached hydrogens (primary N) is 1. The average molecular weight is 298 g/mol. The van der Waals surface area contributed by atoms with Gasteiger partial charge in [0, 0.05) is 31.0 Å². The van der Waals surface area contributed by atoms with Crippen molar-refractivity contribution in [1.29, 1.82) is 0 Å². The SMILES string of the molecule is CCOC(=O)CN1C[C@@H](N)CC12CCC1(CC2)OCCO1. The van der Waals surface area contributed by atoms with Crippen molar-refractivity contribution in [2.45, 2.75) is 56.4 Å². The molecule has 21 heavy (non-hydrogen) atoms. The van der Waals surface area contributed by atoms with E-state index in [0.29, 0.717) is 26.4 Å². The number of likely N-dealkylation sites (tertiary alicyclic amines) is 1. The Balaban J connectivity index is 1.66. The predicted molar refractivity (Wildman–Crippen MR) is 76.6 cm³/mol. The predicted octanol–water partition coefficient (Wildman–Crippen LogP) is 0.638. The minimum atomic E-state index is -0.368. The highest BCUT2D eigenvalue weighted by molar-refractivity contribution is 5.71. The van der Waals surface area contributed by atoms with E-state index in [0.717, 1.165) is 38.6 Å². The Morgan fingerprint density at radius 2 is 1.95 bits per heavy atom. The van der Waals surface area contributed by atoms with Gasteiger partial charge in [-0.25, -0.2) is 0 Å². The topological polar surface area (TPSA) is 74.0 Å². The molecule has 0 unspecified atom stereocenters. The van der Waals surface area contributed by atoms with Gasteiger partial charge in [0.2, 0.25) is 0 Å². The highest BCUT2D eigenvalue weighted by Gasteiger charge is 2.52. The minimum Gasteiger partial charge on any atom is -0.465 e. The van der Waals surface area contributed by atoms with Crippen LogP contribution in [0.5, 0.6) is 0 Å². The van der Waals surface area contributed by atoms with Crippen LogP contribution in [-0.2, 0) is 19.0 Å². The Bertz CT molecular complexity index is 385. The monoisotopic (exact) mass is 298 g/mol. The first kappa shape index (κ1) is 15.2. The minimum absolute atomic E-state index is 0.0206. The number of hydrogen-bond donors (Lipinski definition) is 1. The lowest BCUT2D eigenvalue weighted by molar-refractivity contribution is -0.192. The Morgan fingerprint density at radius 3 is 2.57 bits per heavy atom. The molecular formula is C15H26N2O4. The summed E-state index contributed by atoms with van der Waals surface area (Å²) in [6.07, 6.45) is 4.67.